The molecule has 6 rings (SSSR count). The fraction of sp³-hybridized carbons (Fsp3) is 0.212. The molecule has 1 saturated heterocycles. The van der Waals surface area contributed by atoms with Crippen LogP contribution in [0.2, 0.25) is 5.02 Å². The molecule has 1 atom stereocenters. The Labute approximate surface area is 257 Å². The van der Waals surface area contributed by atoms with Crippen molar-refractivity contribution in [2.75, 3.05) is 13.2 Å². The molecule has 2 aliphatic rings. The van der Waals surface area contributed by atoms with Gasteiger partial charge in [-0.15, -0.1) is 0 Å². The molecule has 0 aromatic heterocycles. The predicted molar refractivity (Wildman–Crippen MR) is 176 cm³/mol. The van der Waals surface area contributed by atoms with Crippen LogP contribution >= 0.6 is 25.4 Å². The molecule has 2 heterocycles. The van der Waals surface area contributed by atoms with Crippen LogP contribution in [0.3, 0.4) is 0 Å². The lowest BCUT2D eigenvalue weighted by Gasteiger charge is -2.38. The Morgan fingerprint density at radius 3 is 2.00 bits per heavy atom. The lowest BCUT2D eigenvalue weighted by atomic mass is 9.97. The van der Waals surface area contributed by atoms with E-state index in [1.54, 1.807) is 12.1 Å². The highest BCUT2D eigenvalue weighted by atomic mass is 35.5. The van der Waals surface area contributed by atoms with Crippen molar-refractivity contribution in [3.63, 3.8) is 0 Å². The van der Waals surface area contributed by atoms with Crippen LogP contribution in [0, 0.1) is 5.41 Å². The monoisotopic (exact) mass is 635 g/mol. The minimum absolute atomic E-state index is 0.230. The lowest BCUT2D eigenvalue weighted by Crippen LogP contribution is -2.33. The summed E-state index contributed by atoms with van der Waals surface area (Å²) in [6, 6.07) is 35.3. The third-order valence-corrected chi connectivity index (χ3v) is 14.0. The largest absolute Gasteiger partial charge is 0.460 e. The third kappa shape index (κ3) is 5.96. The van der Waals surface area contributed by atoms with Crippen LogP contribution in [0.5, 0.6) is 5.75 Å². The van der Waals surface area contributed by atoms with Crippen LogP contribution < -0.4 is 20.4 Å². The van der Waals surface area contributed by atoms with Crippen LogP contribution in [0.15, 0.2) is 115 Å². The Bertz CT molecular complexity index is 1650. The molecule has 4 aromatic rings. The Morgan fingerprint density at radius 1 is 0.857 bits per heavy atom. The fourth-order valence-electron chi connectivity index (χ4n) is 5.19. The second-order valence-electron chi connectivity index (χ2n) is 11.3. The van der Waals surface area contributed by atoms with E-state index < -0.39 is 13.8 Å². The Kier molecular flexibility index (Phi) is 8.34. The van der Waals surface area contributed by atoms with Crippen LogP contribution in [0.1, 0.15) is 37.4 Å². The number of nitrogens with one attached hydrogen (secondary N) is 1. The van der Waals surface area contributed by atoms with Gasteiger partial charge >= 0.3 is 7.60 Å². The zero-order valence-electron chi connectivity index (χ0n) is 23.4. The number of ether oxygens (including phenoxy) is 1. The van der Waals surface area contributed by atoms with Crippen molar-refractivity contribution in [2.45, 2.75) is 26.3 Å². The number of hydrogen-bond acceptors (Lipinski definition) is 5. The molecule has 42 heavy (non-hydrogen) atoms. The van der Waals surface area contributed by atoms with Crippen LogP contribution in [0.25, 0.3) is 5.31 Å². The summed E-state index contributed by atoms with van der Waals surface area (Å²) in [7, 11) is -3.75. The summed E-state index contributed by atoms with van der Waals surface area (Å²) in [6.45, 7) is 4.66. The van der Waals surface area contributed by atoms with E-state index in [0.29, 0.717) is 47.0 Å². The van der Waals surface area contributed by atoms with Gasteiger partial charge in [-0.25, -0.2) is 0 Å². The second kappa shape index (κ2) is 11.9. The minimum Gasteiger partial charge on any atom is -0.460 e. The molecule has 0 saturated carbocycles. The summed E-state index contributed by atoms with van der Waals surface area (Å²) in [5.41, 5.74) is 1.41. The molecule has 4 aromatic carbocycles. The molecular weight excluding hydrogens is 604 g/mol. The van der Waals surface area contributed by atoms with Crippen molar-refractivity contribution >= 4 is 53.1 Å². The van der Waals surface area contributed by atoms with E-state index in [2.05, 4.69) is 35.4 Å². The SMILES string of the molecule is CC1(C)COP(=O)(/C(=C2/CC(NP(=S)(c3ccccc3)c3ccccc3)c3ccccc3O2)c2ccc(Cl)cc2)OC1. The average molecular weight is 636 g/mol. The number of fused-ring (bicyclic) bond motifs is 1. The number of para-hydroxylation sites is 1. The first-order valence-electron chi connectivity index (χ1n) is 13.8. The molecule has 0 aliphatic carbocycles. The summed E-state index contributed by atoms with van der Waals surface area (Å²) < 4.78 is 33.2. The Balaban J connectivity index is 1.50. The first kappa shape index (κ1) is 29.5. The van der Waals surface area contributed by atoms with Gasteiger partial charge in [0.05, 0.1) is 19.4 Å². The summed E-state index contributed by atoms with van der Waals surface area (Å²) in [4.78, 5) is 0. The molecule has 1 N–H and O–H groups in total. The maximum absolute atomic E-state index is 14.5. The molecule has 9 heteroatoms. The zero-order chi connectivity index (χ0) is 29.4. The van der Waals surface area contributed by atoms with Gasteiger partial charge in [0, 0.05) is 39.1 Å². The highest BCUT2D eigenvalue weighted by Gasteiger charge is 2.44. The van der Waals surface area contributed by atoms with Gasteiger partial charge in [0.25, 0.3) is 0 Å². The lowest BCUT2D eigenvalue weighted by molar-refractivity contribution is 0.0465. The second-order valence-corrected chi connectivity index (χ2v) is 17.8. The molecule has 2 aliphatic heterocycles. The summed E-state index contributed by atoms with van der Waals surface area (Å²) >= 11 is 12.8. The van der Waals surface area contributed by atoms with E-state index in [-0.39, 0.29) is 11.5 Å². The maximum atomic E-state index is 14.5. The van der Waals surface area contributed by atoms with E-state index in [0.717, 1.165) is 16.2 Å². The summed E-state index contributed by atoms with van der Waals surface area (Å²) in [5.74, 6) is 1.20. The molecule has 1 fully saturated rings. The van der Waals surface area contributed by atoms with E-state index >= 15 is 0 Å². The van der Waals surface area contributed by atoms with Crippen molar-refractivity contribution in [1.82, 2.24) is 5.09 Å². The van der Waals surface area contributed by atoms with Crippen LogP contribution in [0.4, 0.5) is 0 Å². The minimum atomic E-state index is -3.75. The maximum Gasteiger partial charge on any atom is 0.365 e. The van der Waals surface area contributed by atoms with Crippen molar-refractivity contribution in [1.29, 1.82) is 0 Å². The highest BCUT2D eigenvalue weighted by Crippen LogP contribution is 2.66. The first-order chi connectivity index (χ1) is 20.2. The van der Waals surface area contributed by atoms with Crippen molar-refractivity contribution in [3.05, 3.63) is 131 Å². The van der Waals surface area contributed by atoms with E-state index in [1.165, 1.54) is 0 Å². The number of rotatable bonds is 6. The standard InChI is InChI=1S/C33H32ClNO4P2S/c1-33(2)22-37-41(36,38-23-33)32(24-17-19-25(34)20-18-24)31-21-29(28-15-9-10-16-30(28)39-31)35-40(42,26-11-5-3-6-12-26)27-13-7-4-8-14-27/h3-20,29H,21-23H2,1-2H3,(H,35,42)/b32-31-. The van der Waals surface area contributed by atoms with Gasteiger partial charge in [-0.2, -0.15) is 0 Å². The zero-order valence-corrected chi connectivity index (χ0v) is 26.8. The van der Waals surface area contributed by atoms with Gasteiger partial charge in [-0.05, 0) is 23.8 Å². The topological polar surface area (TPSA) is 56.8 Å². The molecule has 0 bridgehead atoms. The fourth-order valence-corrected chi connectivity index (χ4v) is 11.2. The molecule has 1 unspecified atom stereocenters. The number of benzene rings is 4. The Hall–Kier alpha value is -2.53. The Morgan fingerprint density at radius 2 is 1.40 bits per heavy atom. The molecule has 5 nitrogen and oxygen atoms in total. The summed E-state index contributed by atoms with van der Waals surface area (Å²) in [5, 5.41) is 7.04. The summed E-state index contributed by atoms with van der Waals surface area (Å²) in [6.07, 6.45) is -2.10. The average Bonchev–Trinajstić information content (AvgIpc) is 3.01. The number of hydrogen-bond donors (Lipinski definition) is 1. The van der Waals surface area contributed by atoms with Crippen molar-refractivity contribution in [2.24, 2.45) is 5.41 Å². The van der Waals surface area contributed by atoms with Crippen molar-refractivity contribution in [3.8, 4) is 5.75 Å². The number of halogens is 1. The first-order valence-corrected chi connectivity index (χ1v) is 18.5. The van der Waals surface area contributed by atoms with Gasteiger partial charge in [0.1, 0.15) is 16.8 Å². The molecular formula is C33H32ClNO4P2S. The predicted octanol–water partition coefficient (Wildman–Crippen LogP) is 8.43. The van der Waals surface area contributed by atoms with Gasteiger partial charge in [0.15, 0.2) is 0 Å². The van der Waals surface area contributed by atoms with Gasteiger partial charge in [-0.1, -0.05) is 128 Å². The quantitative estimate of drug-likeness (QED) is 0.215. The van der Waals surface area contributed by atoms with Crippen LogP contribution in [-0.2, 0) is 25.4 Å². The van der Waals surface area contributed by atoms with E-state index in [1.807, 2.05) is 80.6 Å². The molecule has 0 amide bonds. The normalized spacial score (nSPS) is 20.7. The van der Waals surface area contributed by atoms with Crippen LogP contribution in [-0.4, -0.2) is 13.2 Å². The highest BCUT2D eigenvalue weighted by molar-refractivity contribution is 8.20. The van der Waals surface area contributed by atoms with Gasteiger partial charge in [0.2, 0.25) is 0 Å². The smallest absolute Gasteiger partial charge is 0.365 e. The molecule has 0 radical (unpaired) electrons. The van der Waals surface area contributed by atoms with Gasteiger partial charge in [-0.3, -0.25) is 9.65 Å². The van der Waals surface area contributed by atoms with Crippen molar-refractivity contribution < 1.29 is 18.3 Å². The van der Waals surface area contributed by atoms with E-state index in [4.69, 9.17) is 37.2 Å². The molecule has 0 spiro atoms. The van der Waals surface area contributed by atoms with Gasteiger partial charge < -0.3 is 13.8 Å². The third-order valence-electron chi connectivity index (χ3n) is 7.40. The van der Waals surface area contributed by atoms with E-state index in [9.17, 15) is 4.57 Å². The molecule has 216 valence electrons.